The molecule has 0 saturated carbocycles. The molecule has 5 nitrogen and oxygen atoms in total. The Morgan fingerprint density at radius 1 is 1.28 bits per heavy atom. The lowest BCUT2D eigenvalue weighted by molar-refractivity contribution is 0.237. The fourth-order valence-corrected chi connectivity index (χ4v) is 4.35. The van der Waals surface area contributed by atoms with Crippen molar-refractivity contribution in [1.82, 2.24) is 4.40 Å². The van der Waals surface area contributed by atoms with Crippen LogP contribution in [0, 0.1) is 12.7 Å². The molecule has 1 atom stereocenters. The summed E-state index contributed by atoms with van der Waals surface area (Å²) in [6.45, 7) is 3.35. The molecular weight excluding hydrogens is 365 g/mol. The Morgan fingerprint density at radius 3 is 2.64 bits per heavy atom. The van der Waals surface area contributed by atoms with Crippen LogP contribution in [0.3, 0.4) is 0 Å². The Kier molecular flexibility index (Phi) is 4.52. The van der Waals surface area contributed by atoms with Gasteiger partial charge in [0.1, 0.15) is 16.8 Å². The van der Waals surface area contributed by atoms with Gasteiger partial charge in [0.2, 0.25) is 0 Å². The van der Waals surface area contributed by atoms with Crippen LogP contribution in [0.1, 0.15) is 24.3 Å². The van der Waals surface area contributed by atoms with Gasteiger partial charge in [0.05, 0.1) is 11.8 Å². The number of aromatic nitrogens is 1. The largest absolute Gasteiger partial charge is 0.271 e. The van der Waals surface area contributed by atoms with Crippen molar-refractivity contribution >= 4 is 26.3 Å². The van der Waals surface area contributed by atoms with Gasteiger partial charge in [0.15, 0.2) is 0 Å². The summed E-state index contributed by atoms with van der Waals surface area (Å²) < 4.78 is 43.3. The maximum Gasteiger partial charge on any atom is 0.264 e. The standard InChI is InChI=1S/C17H16FNO4S2/c1-10-9-24-15-8-14(11(2)23-25(3,21)22)16(17(20)19(10)15)12-5-4-6-13(18)7-12/h4-9,11H,1-3H3. The van der Waals surface area contributed by atoms with Crippen molar-refractivity contribution in [3.8, 4) is 11.1 Å². The molecule has 2 aromatic heterocycles. The van der Waals surface area contributed by atoms with Crippen LogP contribution in [0.2, 0.25) is 0 Å². The quantitative estimate of drug-likeness (QED) is 0.649. The Hall–Kier alpha value is -2.03. The van der Waals surface area contributed by atoms with E-state index < -0.39 is 22.0 Å². The van der Waals surface area contributed by atoms with Gasteiger partial charge in [0, 0.05) is 11.1 Å². The first-order valence-electron chi connectivity index (χ1n) is 7.45. The Morgan fingerprint density at radius 2 is 2.00 bits per heavy atom. The van der Waals surface area contributed by atoms with Crippen molar-refractivity contribution in [2.24, 2.45) is 0 Å². The zero-order valence-electron chi connectivity index (χ0n) is 13.8. The van der Waals surface area contributed by atoms with Gasteiger partial charge >= 0.3 is 0 Å². The molecule has 0 fully saturated rings. The highest BCUT2D eigenvalue weighted by atomic mass is 32.2. The third-order valence-corrected chi connectivity index (χ3v) is 5.42. The molecular formula is C17H16FNO4S2. The Labute approximate surface area is 148 Å². The summed E-state index contributed by atoms with van der Waals surface area (Å²) in [5.41, 5.74) is 1.44. The van der Waals surface area contributed by atoms with E-state index in [1.807, 2.05) is 5.38 Å². The molecule has 0 aliphatic carbocycles. The van der Waals surface area contributed by atoms with Gasteiger partial charge in [-0.1, -0.05) is 12.1 Å². The van der Waals surface area contributed by atoms with Crippen LogP contribution in [0.4, 0.5) is 4.39 Å². The fourth-order valence-electron chi connectivity index (χ4n) is 2.79. The van der Waals surface area contributed by atoms with Crippen molar-refractivity contribution in [1.29, 1.82) is 0 Å². The maximum atomic E-state index is 13.7. The second kappa shape index (κ2) is 6.36. The lowest BCUT2D eigenvalue weighted by Crippen LogP contribution is -2.20. The first-order chi connectivity index (χ1) is 11.7. The van der Waals surface area contributed by atoms with E-state index in [4.69, 9.17) is 4.18 Å². The smallest absolute Gasteiger partial charge is 0.264 e. The molecule has 0 saturated heterocycles. The van der Waals surface area contributed by atoms with E-state index >= 15 is 0 Å². The van der Waals surface area contributed by atoms with Gasteiger partial charge in [-0.05, 0) is 43.2 Å². The number of benzene rings is 1. The van der Waals surface area contributed by atoms with Crippen molar-refractivity contribution in [3.63, 3.8) is 0 Å². The van der Waals surface area contributed by atoms with E-state index in [1.165, 1.54) is 33.9 Å². The molecule has 1 aromatic carbocycles. The molecule has 0 aliphatic heterocycles. The minimum absolute atomic E-state index is 0.231. The van der Waals surface area contributed by atoms with Crippen molar-refractivity contribution in [2.45, 2.75) is 20.0 Å². The molecule has 0 amide bonds. The monoisotopic (exact) mass is 381 g/mol. The summed E-state index contributed by atoms with van der Waals surface area (Å²) in [5, 5.41) is 1.83. The lowest BCUT2D eigenvalue weighted by atomic mass is 9.98. The summed E-state index contributed by atoms with van der Waals surface area (Å²) in [5.74, 6) is -0.480. The minimum Gasteiger partial charge on any atom is -0.271 e. The van der Waals surface area contributed by atoms with Crippen molar-refractivity contribution < 1.29 is 17.0 Å². The summed E-state index contributed by atoms with van der Waals surface area (Å²) in [6, 6.07) is 7.37. The van der Waals surface area contributed by atoms with E-state index in [9.17, 15) is 17.6 Å². The van der Waals surface area contributed by atoms with Gasteiger partial charge < -0.3 is 0 Å². The van der Waals surface area contributed by atoms with Gasteiger partial charge in [-0.3, -0.25) is 13.4 Å². The number of fused-ring (bicyclic) bond motifs is 1. The highest BCUT2D eigenvalue weighted by Gasteiger charge is 2.22. The number of hydrogen-bond donors (Lipinski definition) is 0. The number of rotatable bonds is 4. The summed E-state index contributed by atoms with van der Waals surface area (Å²) in [7, 11) is -3.72. The first-order valence-corrected chi connectivity index (χ1v) is 10.1. The Balaban J connectivity index is 2.34. The summed E-state index contributed by atoms with van der Waals surface area (Å²) >= 11 is 1.37. The number of aryl methyl sites for hydroxylation is 1. The average molecular weight is 381 g/mol. The van der Waals surface area contributed by atoms with Crippen molar-refractivity contribution in [2.75, 3.05) is 6.26 Å². The van der Waals surface area contributed by atoms with E-state index in [1.54, 1.807) is 26.0 Å². The van der Waals surface area contributed by atoms with Crippen LogP contribution in [0.5, 0.6) is 0 Å². The van der Waals surface area contributed by atoms with E-state index in [0.29, 0.717) is 16.0 Å². The molecule has 0 bridgehead atoms. The van der Waals surface area contributed by atoms with Crippen molar-refractivity contribution in [3.05, 3.63) is 63.1 Å². The predicted octanol–water partition coefficient (Wildman–Crippen LogP) is 3.51. The number of halogens is 1. The Bertz CT molecular complexity index is 1120. The van der Waals surface area contributed by atoms with Crippen LogP contribution in [-0.2, 0) is 14.3 Å². The van der Waals surface area contributed by atoms with Gasteiger partial charge in [-0.25, -0.2) is 4.39 Å². The lowest BCUT2D eigenvalue weighted by Gasteiger charge is -2.16. The van der Waals surface area contributed by atoms with Gasteiger partial charge in [-0.2, -0.15) is 8.42 Å². The molecule has 8 heteroatoms. The highest BCUT2D eigenvalue weighted by molar-refractivity contribution is 7.86. The highest BCUT2D eigenvalue weighted by Crippen LogP contribution is 2.31. The normalized spacial score (nSPS) is 13.3. The van der Waals surface area contributed by atoms with Crippen LogP contribution in [0.15, 0.2) is 40.5 Å². The van der Waals surface area contributed by atoms with Gasteiger partial charge in [-0.15, -0.1) is 11.3 Å². The molecule has 0 spiro atoms. The zero-order valence-corrected chi connectivity index (χ0v) is 15.4. The fraction of sp³-hybridized carbons (Fsp3) is 0.235. The van der Waals surface area contributed by atoms with E-state index in [-0.39, 0.29) is 11.1 Å². The molecule has 132 valence electrons. The molecule has 0 N–H and O–H groups in total. The molecule has 25 heavy (non-hydrogen) atoms. The summed E-state index contributed by atoms with van der Waals surface area (Å²) in [4.78, 5) is 13.7. The predicted molar refractivity (Wildman–Crippen MR) is 96.0 cm³/mol. The topological polar surface area (TPSA) is 64.9 Å². The minimum atomic E-state index is -3.72. The molecule has 0 radical (unpaired) electrons. The third-order valence-electron chi connectivity index (χ3n) is 3.78. The van der Waals surface area contributed by atoms with Gasteiger partial charge in [0.25, 0.3) is 15.7 Å². The van der Waals surface area contributed by atoms with E-state index in [2.05, 4.69) is 0 Å². The average Bonchev–Trinajstić information content (AvgIpc) is 2.87. The molecule has 1 unspecified atom stereocenters. The molecule has 3 rings (SSSR count). The molecule has 3 aromatic rings. The second-order valence-electron chi connectivity index (χ2n) is 5.78. The number of pyridine rings is 1. The van der Waals surface area contributed by atoms with Crippen LogP contribution in [0.25, 0.3) is 16.0 Å². The molecule has 0 aliphatic rings. The third kappa shape index (κ3) is 3.51. The maximum absolute atomic E-state index is 13.7. The van der Waals surface area contributed by atoms with Crippen LogP contribution >= 0.6 is 11.3 Å². The number of thiazole rings is 1. The first kappa shape index (κ1) is 17.8. The zero-order chi connectivity index (χ0) is 18.4. The summed E-state index contributed by atoms with van der Waals surface area (Å²) in [6.07, 6.45) is 0.0693. The number of nitrogens with zero attached hydrogens (tertiary/aromatic N) is 1. The number of hydrogen-bond acceptors (Lipinski definition) is 5. The van der Waals surface area contributed by atoms with Crippen LogP contribution < -0.4 is 5.56 Å². The second-order valence-corrected chi connectivity index (χ2v) is 8.27. The van der Waals surface area contributed by atoms with E-state index in [0.717, 1.165) is 11.9 Å². The van der Waals surface area contributed by atoms with Crippen LogP contribution in [-0.4, -0.2) is 19.1 Å². The SMILES string of the molecule is Cc1csc2cc(C(C)OS(C)(=O)=O)c(-c3cccc(F)c3)c(=O)n12. The molecule has 2 heterocycles.